The molecule has 2 amide bonds. The van der Waals surface area contributed by atoms with Crippen molar-refractivity contribution >= 4 is 17.5 Å². The Balaban J connectivity index is 1.90. The van der Waals surface area contributed by atoms with Gasteiger partial charge in [-0.15, -0.1) is 0 Å². The molecular formula is C21H31N3O2. The third kappa shape index (κ3) is 5.43. The summed E-state index contributed by atoms with van der Waals surface area (Å²) < 4.78 is 0. The van der Waals surface area contributed by atoms with Gasteiger partial charge in [-0.25, -0.2) is 0 Å². The van der Waals surface area contributed by atoms with E-state index in [0.29, 0.717) is 0 Å². The summed E-state index contributed by atoms with van der Waals surface area (Å²) in [5, 5.41) is 2.95. The van der Waals surface area contributed by atoms with Crippen LogP contribution in [0.25, 0.3) is 0 Å². The Bertz CT molecular complexity index is 682. The van der Waals surface area contributed by atoms with E-state index in [4.69, 9.17) is 0 Å². The van der Waals surface area contributed by atoms with Crippen molar-refractivity contribution in [2.75, 3.05) is 32.0 Å². The number of amides is 2. The van der Waals surface area contributed by atoms with Gasteiger partial charge >= 0.3 is 0 Å². The summed E-state index contributed by atoms with van der Waals surface area (Å²) in [6.45, 7) is 7.28. The number of benzene rings is 1. The first-order valence-electron chi connectivity index (χ1n) is 9.46. The van der Waals surface area contributed by atoms with Crippen molar-refractivity contribution in [1.29, 1.82) is 0 Å². The lowest BCUT2D eigenvalue weighted by Gasteiger charge is -2.26. The van der Waals surface area contributed by atoms with Gasteiger partial charge in [0.2, 0.25) is 11.8 Å². The Labute approximate surface area is 157 Å². The summed E-state index contributed by atoms with van der Waals surface area (Å²) in [5.74, 6) is -0.0295. The van der Waals surface area contributed by atoms with Crippen molar-refractivity contribution in [3.8, 4) is 0 Å². The molecule has 0 aliphatic heterocycles. The van der Waals surface area contributed by atoms with Crippen molar-refractivity contribution in [3.63, 3.8) is 0 Å². The Morgan fingerprint density at radius 1 is 1.19 bits per heavy atom. The van der Waals surface area contributed by atoms with Crippen molar-refractivity contribution < 1.29 is 9.59 Å². The Morgan fingerprint density at radius 2 is 1.96 bits per heavy atom. The smallest absolute Gasteiger partial charge is 0.240 e. The molecule has 5 heteroatoms. The van der Waals surface area contributed by atoms with Crippen LogP contribution in [0.1, 0.15) is 43.7 Å². The van der Waals surface area contributed by atoms with Crippen molar-refractivity contribution in [2.24, 2.45) is 0 Å². The van der Waals surface area contributed by atoms with Crippen molar-refractivity contribution in [3.05, 3.63) is 41.1 Å². The lowest BCUT2D eigenvalue weighted by molar-refractivity contribution is -0.130. The number of hydrogen-bond acceptors (Lipinski definition) is 3. The van der Waals surface area contributed by atoms with Gasteiger partial charge < -0.3 is 10.2 Å². The predicted molar refractivity (Wildman–Crippen MR) is 106 cm³/mol. The zero-order chi connectivity index (χ0) is 19.1. The molecule has 0 bridgehead atoms. The molecule has 1 aliphatic rings. The van der Waals surface area contributed by atoms with Crippen LogP contribution in [0.5, 0.6) is 0 Å². The lowest BCUT2D eigenvalue weighted by atomic mass is 10.1. The van der Waals surface area contributed by atoms with Crippen LogP contribution in [0.4, 0.5) is 5.69 Å². The van der Waals surface area contributed by atoms with Crippen LogP contribution in [0.15, 0.2) is 30.0 Å². The van der Waals surface area contributed by atoms with Gasteiger partial charge in [-0.3, -0.25) is 14.5 Å². The fraction of sp³-hybridized carbons (Fsp3) is 0.524. The van der Waals surface area contributed by atoms with Crippen LogP contribution in [0.2, 0.25) is 0 Å². The zero-order valence-electron chi connectivity index (χ0n) is 16.5. The maximum atomic E-state index is 12.7. The average molecular weight is 357 g/mol. The number of rotatable bonds is 8. The van der Waals surface area contributed by atoms with Gasteiger partial charge in [-0.05, 0) is 63.8 Å². The molecule has 0 fully saturated rings. The van der Waals surface area contributed by atoms with Gasteiger partial charge in [-0.1, -0.05) is 25.1 Å². The van der Waals surface area contributed by atoms with E-state index in [1.54, 1.807) is 4.90 Å². The summed E-state index contributed by atoms with van der Waals surface area (Å²) in [4.78, 5) is 28.7. The van der Waals surface area contributed by atoms with Gasteiger partial charge in [0.15, 0.2) is 0 Å². The molecule has 0 aromatic heterocycles. The molecule has 0 unspecified atom stereocenters. The normalized spacial score (nSPS) is 13.7. The molecule has 142 valence electrons. The van der Waals surface area contributed by atoms with Gasteiger partial charge in [0, 0.05) is 17.9 Å². The van der Waals surface area contributed by atoms with E-state index in [1.165, 1.54) is 0 Å². The summed E-state index contributed by atoms with van der Waals surface area (Å²) in [6.07, 6.45) is 6.25. The summed E-state index contributed by atoms with van der Waals surface area (Å²) in [5.41, 5.74) is 4.19. The minimum atomic E-state index is -0.101. The molecule has 1 aromatic carbocycles. The van der Waals surface area contributed by atoms with E-state index < -0.39 is 0 Å². The molecule has 26 heavy (non-hydrogen) atoms. The number of nitrogens with one attached hydrogen (secondary N) is 1. The standard InChI is InChI=1S/C21H31N3O2/c1-5-13-24(18-10-6-7-11-18)21(26)15-23(4)14-20(25)22-19-12-8-9-16(2)17(19)3/h8-10,12H,5-7,11,13-15H2,1-4H3,(H,22,25). The third-order valence-corrected chi connectivity index (χ3v) is 4.81. The van der Waals surface area contributed by atoms with Crippen molar-refractivity contribution in [2.45, 2.75) is 46.5 Å². The highest BCUT2D eigenvalue weighted by Crippen LogP contribution is 2.22. The molecule has 0 saturated heterocycles. The summed E-state index contributed by atoms with van der Waals surface area (Å²) >= 11 is 0. The molecule has 0 radical (unpaired) electrons. The molecule has 5 nitrogen and oxygen atoms in total. The maximum absolute atomic E-state index is 12.7. The Hall–Kier alpha value is -2.14. The van der Waals surface area contributed by atoms with Crippen LogP contribution in [0.3, 0.4) is 0 Å². The monoisotopic (exact) mass is 357 g/mol. The highest BCUT2D eigenvalue weighted by atomic mass is 16.2. The number of allylic oxidation sites excluding steroid dienone is 2. The Morgan fingerprint density at radius 3 is 2.62 bits per heavy atom. The topological polar surface area (TPSA) is 52.7 Å². The highest BCUT2D eigenvalue weighted by Gasteiger charge is 2.21. The quantitative estimate of drug-likeness (QED) is 0.775. The van der Waals surface area contributed by atoms with Crippen LogP contribution >= 0.6 is 0 Å². The van der Waals surface area contributed by atoms with Crippen LogP contribution in [-0.4, -0.2) is 48.3 Å². The second-order valence-electron chi connectivity index (χ2n) is 7.10. The molecule has 2 rings (SSSR count). The number of nitrogens with zero attached hydrogens (tertiary/aromatic N) is 2. The minimum Gasteiger partial charge on any atom is -0.325 e. The molecule has 1 aliphatic carbocycles. The number of hydrogen-bond donors (Lipinski definition) is 1. The van der Waals surface area contributed by atoms with E-state index in [0.717, 1.165) is 54.7 Å². The fourth-order valence-electron chi connectivity index (χ4n) is 3.24. The van der Waals surface area contributed by atoms with E-state index in [-0.39, 0.29) is 24.9 Å². The molecule has 0 saturated carbocycles. The largest absolute Gasteiger partial charge is 0.325 e. The van der Waals surface area contributed by atoms with Crippen LogP contribution < -0.4 is 5.32 Å². The number of anilines is 1. The molecule has 1 N–H and O–H groups in total. The van der Waals surface area contributed by atoms with Gasteiger partial charge in [0.05, 0.1) is 13.1 Å². The first-order valence-corrected chi connectivity index (χ1v) is 9.46. The van der Waals surface area contributed by atoms with Gasteiger partial charge in [0.1, 0.15) is 0 Å². The molecule has 1 aromatic rings. The number of carbonyl (C=O) groups excluding carboxylic acids is 2. The van der Waals surface area contributed by atoms with Gasteiger partial charge in [-0.2, -0.15) is 0 Å². The number of likely N-dealkylation sites (N-methyl/N-ethyl adjacent to an activating group) is 1. The molecule has 0 spiro atoms. The highest BCUT2D eigenvalue weighted by molar-refractivity contribution is 5.93. The Kier molecular flexibility index (Phi) is 7.39. The van der Waals surface area contributed by atoms with Crippen molar-refractivity contribution in [1.82, 2.24) is 9.80 Å². The number of carbonyl (C=O) groups is 2. The first-order chi connectivity index (χ1) is 12.4. The molecular weight excluding hydrogens is 326 g/mol. The lowest BCUT2D eigenvalue weighted by Crippen LogP contribution is -2.41. The van der Waals surface area contributed by atoms with Crippen LogP contribution in [0, 0.1) is 13.8 Å². The van der Waals surface area contributed by atoms with Crippen LogP contribution in [-0.2, 0) is 9.59 Å². The van der Waals surface area contributed by atoms with E-state index in [9.17, 15) is 9.59 Å². The molecule has 0 atom stereocenters. The third-order valence-electron chi connectivity index (χ3n) is 4.81. The second kappa shape index (κ2) is 9.53. The van der Waals surface area contributed by atoms with E-state index in [1.807, 2.05) is 44.0 Å². The van der Waals surface area contributed by atoms with Gasteiger partial charge in [0.25, 0.3) is 0 Å². The average Bonchev–Trinajstić information content (AvgIpc) is 3.10. The number of aryl methyl sites for hydroxylation is 1. The predicted octanol–water partition coefficient (Wildman–Crippen LogP) is 3.48. The minimum absolute atomic E-state index is 0.0713. The maximum Gasteiger partial charge on any atom is 0.240 e. The molecule has 0 heterocycles. The fourth-order valence-corrected chi connectivity index (χ4v) is 3.24. The van der Waals surface area contributed by atoms with E-state index >= 15 is 0 Å². The summed E-state index contributed by atoms with van der Waals surface area (Å²) in [7, 11) is 1.81. The second-order valence-corrected chi connectivity index (χ2v) is 7.10. The first kappa shape index (κ1) is 20.2. The zero-order valence-corrected chi connectivity index (χ0v) is 16.5. The SMILES string of the molecule is CCCN(C(=O)CN(C)CC(=O)Nc1cccc(C)c1C)C1=CCCC1. The summed E-state index contributed by atoms with van der Waals surface area (Å²) in [6, 6.07) is 5.86. The van der Waals surface area contributed by atoms with E-state index in [2.05, 4.69) is 18.3 Å².